The Morgan fingerprint density at radius 1 is 0.692 bits per heavy atom. The van der Waals surface area contributed by atoms with Gasteiger partial charge in [0.15, 0.2) is 0 Å². The molecule has 3 rings (SSSR count). The molecule has 0 amide bonds. The van der Waals surface area contributed by atoms with Crippen LogP contribution < -0.4 is 9.47 Å². The topological polar surface area (TPSA) is 78.7 Å². The summed E-state index contributed by atoms with van der Waals surface area (Å²) in [5, 5.41) is 10.8. The fourth-order valence-electron chi connectivity index (χ4n) is 4.18. The van der Waals surface area contributed by atoms with Crippen molar-refractivity contribution in [3.05, 3.63) is 99.6 Å². The molecule has 0 radical (unpaired) electrons. The molecule has 39 heavy (non-hydrogen) atoms. The van der Waals surface area contributed by atoms with Crippen LogP contribution in [0.25, 0.3) is 12.2 Å². The van der Waals surface area contributed by atoms with Gasteiger partial charge in [-0.25, -0.2) is 4.79 Å². The molecule has 0 atom stereocenters. The zero-order chi connectivity index (χ0) is 27.7. The van der Waals surface area contributed by atoms with Crippen LogP contribution in [0.1, 0.15) is 92.6 Å². The minimum Gasteiger partial charge on any atom is -0.494 e. The van der Waals surface area contributed by atoms with E-state index >= 15 is 0 Å². The smallest absolute Gasteiger partial charge is 0.343 e. The van der Waals surface area contributed by atoms with E-state index in [1.807, 2.05) is 24.3 Å². The molecule has 206 valence electrons. The number of non-ortho nitro benzene ring substituents is 1. The summed E-state index contributed by atoms with van der Waals surface area (Å²) < 4.78 is 11.3. The number of benzene rings is 3. The number of nitrogens with zero attached hydrogens (tertiary/aromatic N) is 1. The summed E-state index contributed by atoms with van der Waals surface area (Å²) in [6.07, 6.45) is 16.7. The highest BCUT2D eigenvalue weighted by Crippen LogP contribution is 2.19. The van der Waals surface area contributed by atoms with Gasteiger partial charge in [0.05, 0.1) is 17.1 Å². The minimum atomic E-state index is -0.426. The number of nitro benzene ring substituents is 1. The number of rotatable bonds is 17. The molecule has 0 saturated carbocycles. The number of hydrogen-bond acceptors (Lipinski definition) is 5. The third-order valence-electron chi connectivity index (χ3n) is 6.52. The predicted octanol–water partition coefficient (Wildman–Crippen LogP) is 9.28. The Bertz CT molecular complexity index is 1170. The molecule has 0 aliphatic carbocycles. The average molecular weight is 530 g/mol. The minimum absolute atomic E-state index is 0.0600. The molecule has 6 heteroatoms. The van der Waals surface area contributed by atoms with Crippen LogP contribution >= 0.6 is 0 Å². The SMILES string of the molecule is CCCCCCCCCCCCOc1ccc(C(=O)Oc2ccc(/C=C/c3ccc([N+](=O)[O-])cc3)cc2)cc1. The van der Waals surface area contributed by atoms with E-state index in [0.717, 1.165) is 23.3 Å². The van der Waals surface area contributed by atoms with Crippen molar-refractivity contribution in [3.63, 3.8) is 0 Å². The zero-order valence-corrected chi connectivity index (χ0v) is 22.8. The molecule has 0 unspecified atom stereocenters. The molecule has 0 aromatic heterocycles. The Hall–Kier alpha value is -3.93. The molecule has 0 bridgehead atoms. The first-order chi connectivity index (χ1) is 19.0. The van der Waals surface area contributed by atoms with E-state index in [0.29, 0.717) is 17.9 Å². The molecule has 0 spiro atoms. The van der Waals surface area contributed by atoms with Crippen molar-refractivity contribution in [2.45, 2.75) is 71.1 Å². The van der Waals surface area contributed by atoms with Gasteiger partial charge in [-0.1, -0.05) is 89.0 Å². The van der Waals surface area contributed by atoms with E-state index in [1.165, 1.54) is 69.9 Å². The van der Waals surface area contributed by atoms with Crippen LogP contribution in [0.5, 0.6) is 11.5 Å². The number of ether oxygens (including phenoxy) is 2. The van der Waals surface area contributed by atoms with Crippen molar-refractivity contribution >= 4 is 23.8 Å². The monoisotopic (exact) mass is 529 g/mol. The number of carbonyl (C=O) groups is 1. The van der Waals surface area contributed by atoms with Gasteiger partial charge in [0.1, 0.15) is 11.5 Å². The number of unbranched alkanes of at least 4 members (excludes halogenated alkanes) is 9. The van der Waals surface area contributed by atoms with Gasteiger partial charge in [-0.15, -0.1) is 0 Å². The van der Waals surface area contributed by atoms with Crippen molar-refractivity contribution in [2.75, 3.05) is 6.61 Å². The summed E-state index contributed by atoms with van der Waals surface area (Å²) >= 11 is 0. The summed E-state index contributed by atoms with van der Waals surface area (Å²) in [6, 6.07) is 20.5. The third kappa shape index (κ3) is 11.1. The van der Waals surface area contributed by atoms with Crippen molar-refractivity contribution in [1.29, 1.82) is 0 Å². The van der Waals surface area contributed by atoms with Gasteiger partial charge >= 0.3 is 5.97 Å². The molecule has 0 fully saturated rings. The normalized spacial score (nSPS) is 11.0. The second-order valence-electron chi connectivity index (χ2n) is 9.70. The summed E-state index contributed by atoms with van der Waals surface area (Å²) in [7, 11) is 0. The molecule has 0 saturated heterocycles. The van der Waals surface area contributed by atoms with Crippen molar-refractivity contribution < 1.29 is 19.2 Å². The number of nitro groups is 1. The second kappa shape index (κ2) is 16.8. The lowest BCUT2D eigenvalue weighted by molar-refractivity contribution is -0.384. The lowest BCUT2D eigenvalue weighted by Gasteiger charge is -2.08. The zero-order valence-electron chi connectivity index (χ0n) is 22.8. The molecule has 3 aromatic rings. The summed E-state index contributed by atoms with van der Waals surface area (Å²) in [4.78, 5) is 22.9. The van der Waals surface area contributed by atoms with Gasteiger partial charge in [-0.2, -0.15) is 0 Å². The van der Waals surface area contributed by atoms with E-state index in [2.05, 4.69) is 6.92 Å². The van der Waals surface area contributed by atoms with Crippen molar-refractivity contribution in [1.82, 2.24) is 0 Å². The van der Waals surface area contributed by atoms with Gasteiger partial charge < -0.3 is 9.47 Å². The van der Waals surface area contributed by atoms with Gasteiger partial charge in [0.2, 0.25) is 0 Å². The summed E-state index contributed by atoms with van der Waals surface area (Å²) in [6.45, 7) is 2.94. The number of carbonyl (C=O) groups excluding carboxylic acids is 1. The van der Waals surface area contributed by atoms with E-state index in [9.17, 15) is 14.9 Å². The Kier molecular flexibility index (Phi) is 12.8. The van der Waals surface area contributed by atoms with E-state index in [1.54, 1.807) is 48.5 Å². The number of hydrogen-bond donors (Lipinski definition) is 0. The molecule has 0 N–H and O–H groups in total. The third-order valence-corrected chi connectivity index (χ3v) is 6.52. The second-order valence-corrected chi connectivity index (χ2v) is 9.70. The Balaban J connectivity index is 1.34. The van der Waals surface area contributed by atoms with Crippen LogP contribution in [0.15, 0.2) is 72.8 Å². The first kappa shape index (κ1) is 29.6. The van der Waals surface area contributed by atoms with Crippen LogP contribution in [0.4, 0.5) is 5.69 Å². The van der Waals surface area contributed by atoms with Crippen LogP contribution in [-0.2, 0) is 0 Å². The highest BCUT2D eigenvalue weighted by molar-refractivity contribution is 5.91. The van der Waals surface area contributed by atoms with Crippen LogP contribution in [0.3, 0.4) is 0 Å². The Morgan fingerprint density at radius 2 is 1.18 bits per heavy atom. The molecule has 0 aliphatic heterocycles. The largest absolute Gasteiger partial charge is 0.494 e. The fraction of sp³-hybridized carbons (Fsp3) is 0.364. The maximum Gasteiger partial charge on any atom is 0.343 e. The maximum absolute atomic E-state index is 12.5. The Morgan fingerprint density at radius 3 is 1.72 bits per heavy atom. The summed E-state index contributed by atoms with van der Waals surface area (Å²) in [5.74, 6) is 0.783. The van der Waals surface area contributed by atoms with Gasteiger partial charge in [0.25, 0.3) is 5.69 Å². The average Bonchev–Trinajstić information content (AvgIpc) is 2.96. The number of esters is 1. The highest BCUT2D eigenvalue weighted by Gasteiger charge is 2.09. The predicted molar refractivity (Wildman–Crippen MR) is 157 cm³/mol. The van der Waals surface area contributed by atoms with Crippen molar-refractivity contribution in [3.8, 4) is 11.5 Å². The van der Waals surface area contributed by atoms with Crippen molar-refractivity contribution in [2.24, 2.45) is 0 Å². The first-order valence-electron chi connectivity index (χ1n) is 14.0. The van der Waals surface area contributed by atoms with E-state index < -0.39 is 10.9 Å². The van der Waals surface area contributed by atoms with Gasteiger partial charge in [-0.3, -0.25) is 10.1 Å². The van der Waals surface area contributed by atoms with Crippen LogP contribution in [0.2, 0.25) is 0 Å². The van der Waals surface area contributed by atoms with Gasteiger partial charge in [-0.05, 0) is 66.1 Å². The van der Waals surface area contributed by atoms with E-state index in [4.69, 9.17) is 9.47 Å². The van der Waals surface area contributed by atoms with Crippen LogP contribution in [-0.4, -0.2) is 17.5 Å². The molecular weight excluding hydrogens is 490 g/mol. The molecule has 0 heterocycles. The van der Waals surface area contributed by atoms with Crippen LogP contribution in [0, 0.1) is 10.1 Å². The molecule has 6 nitrogen and oxygen atoms in total. The fourth-order valence-corrected chi connectivity index (χ4v) is 4.18. The standard InChI is InChI=1S/C33H39NO5/c1-2-3-4-5-6-7-8-9-10-11-26-38-31-24-18-29(19-25-31)33(35)39-32-22-16-28(17-23-32)13-12-27-14-20-30(21-15-27)34(36)37/h12-25H,2-11,26H2,1H3/b13-12+. The molecular formula is C33H39NO5. The Labute approximate surface area is 231 Å². The van der Waals surface area contributed by atoms with E-state index in [-0.39, 0.29) is 5.69 Å². The first-order valence-corrected chi connectivity index (χ1v) is 14.0. The maximum atomic E-state index is 12.5. The van der Waals surface area contributed by atoms with Gasteiger partial charge in [0, 0.05) is 12.1 Å². The quantitative estimate of drug-likeness (QED) is 0.0435. The lowest BCUT2D eigenvalue weighted by Crippen LogP contribution is -2.08. The molecule has 0 aliphatic rings. The lowest BCUT2D eigenvalue weighted by atomic mass is 10.1. The molecule has 3 aromatic carbocycles. The summed E-state index contributed by atoms with van der Waals surface area (Å²) in [5.41, 5.74) is 2.29. The highest BCUT2D eigenvalue weighted by atomic mass is 16.6.